The molecule has 1 fully saturated rings. The lowest BCUT2D eigenvalue weighted by Crippen LogP contribution is -2.35. The molecule has 1 saturated carbocycles. The number of amides is 1. The first-order chi connectivity index (χ1) is 11.3. The number of hydrogen-bond donors (Lipinski definition) is 1. The standard InChI is InChI=1S/C20H21NO2/c1-2-13-23-18-10-9-15-5-3-6-16(19(15)14-18)11-12-21-20(22)17-7-4-8-17/h1,3,5-6,9-10,14,17H,4,7-8,11-13H2,(H,21,22). The van der Waals surface area contributed by atoms with Gasteiger partial charge in [0.1, 0.15) is 12.4 Å². The molecular weight excluding hydrogens is 286 g/mol. The summed E-state index contributed by atoms with van der Waals surface area (Å²) in [5.74, 6) is 3.70. The Kier molecular flexibility index (Phi) is 4.83. The lowest BCUT2D eigenvalue weighted by atomic mass is 9.85. The fourth-order valence-corrected chi connectivity index (χ4v) is 2.88. The third-order valence-corrected chi connectivity index (χ3v) is 4.44. The molecule has 0 unspecified atom stereocenters. The molecule has 1 N–H and O–H groups in total. The van der Waals surface area contributed by atoms with Crippen LogP contribution in [-0.2, 0) is 11.2 Å². The number of benzene rings is 2. The van der Waals surface area contributed by atoms with E-state index in [1.165, 1.54) is 17.4 Å². The second-order valence-corrected chi connectivity index (χ2v) is 5.96. The maximum atomic E-state index is 11.9. The molecule has 1 aliphatic carbocycles. The van der Waals surface area contributed by atoms with Crippen LogP contribution in [0.4, 0.5) is 0 Å². The van der Waals surface area contributed by atoms with Crippen molar-refractivity contribution >= 4 is 16.7 Å². The molecule has 2 aromatic rings. The van der Waals surface area contributed by atoms with Crippen molar-refractivity contribution in [3.05, 3.63) is 42.0 Å². The van der Waals surface area contributed by atoms with Gasteiger partial charge >= 0.3 is 0 Å². The summed E-state index contributed by atoms with van der Waals surface area (Å²) >= 11 is 0. The van der Waals surface area contributed by atoms with Gasteiger partial charge in [0, 0.05) is 12.5 Å². The molecule has 1 aliphatic rings. The molecule has 3 heteroatoms. The first-order valence-electron chi connectivity index (χ1n) is 8.13. The van der Waals surface area contributed by atoms with Crippen molar-refractivity contribution in [1.82, 2.24) is 5.32 Å². The van der Waals surface area contributed by atoms with Crippen LogP contribution in [0.5, 0.6) is 5.75 Å². The molecule has 0 atom stereocenters. The van der Waals surface area contributed by atoms with Crippen molar-refractivity contribution in [2.45, 2.75) is 25.7 Å². The number of hydrogen-bond acceptors (Lipinski definition) is 2. The monoisotopic (exact) mass is 307 g/mol. The molecule has 0 aliphatic heterocycles. The smallest absolute Gasteiger partial charge is 0.223 e. The third kappa shape index (κ3) is 3.65. The average molecular weight is 307 g/mol. The minimum absolute atomic E-state index is 0.203. The highest BCUT2D eigenvalue weighted by Crippen LogP contribution is 2.26. The molecule has 0 aromatic heterocycles. The van der Waals surface area contributed by atoms with Crippen molar-refractivity contribution in [3.8, 4) is 18.1 Å². The highest BCUT2D eigenvalue weighted by molar-refractivity contribution is 5.87. The van der Waals surface area contributed by atoms with E-state index in [2.05, 4.69) is 23.4 Å². The summed E-state index contributed by atoms with van der Waals surface area (Å²) in [7, 11) is 0. The van der Waals surface area contributed by atoms with Crippen LogP contribution >= 0.6 is 0 Å². The quantitative estimate of drug-likeness (QED) is 0.832. The highest BCUT2D eigenvalue weighted by atomic mass is 16.5. The fraction of sp³-hybridized carbons (Fsp3) is 0.350. The van der Waals surface area contributed by atoms with Crippen LogP contribution in [0.1, 0.15) is 24.8 Å². The van der Waals surface area contributed by atoms with Gasteiger partial charge in [-0.25, -0.2) is 0 Å². The second kappa shape index (κ2) is 7.19. The Morgan fingerprint density at radius 1 is 1.30 bits per heavy atom. The van der Waals surface area contributed by atoms with Gasteiger partial charge in [-0.3, -0.25) is 4.79 Å². The Bertz CT molecular complexity index is 741. The van der Waals surface area contributed by atoms with E-state index in [9.17, 15) is 4.79 Å². The summed E-state index contributed by atoms with van der Waals surface area (Å²) < 4.78 is 5.51. The van der Waals surface area contributed by atoms with Crippen LogP contribution in [0.25, 0.3) is 10.8 Å². The van der Waals surface area contributed by atoms with Gasteiger partial charge in [-0.15, -0.1) is 6.42 Å². The molecule has 0 spiro atoms. The van der Waals surface area contributed by atoms with Gasteiger partial charge in [-0.05, 0) is 47.7 Å². The van der Waals surface area contributed by atoms with Gasteiger partial charge in [0.05, 0.1) is 0 Å². The molecule has 0 saturated heterocycles. The number of rotatable bonds is 6. The van der Waals surface area contributed by atoms with Crippen molar-refractivity contribution < 1.29 is 9.53 Å². The Morgan fingerprint density at radius 2 is 2.17 bits per heavy atom. The first-order valence-corrected chi connectivity index (χ1v) is 8.13. The zero-order valence-electron chi connectivity index (χ0n) is 13.2. The molecular formula is C20H21NO2. The largest absolute Gasteiger partial charge is 0.481 e. The Morgan fingerprint density at radius 3 is 2.91 bits per heavy atom. The van der Waals surface area contributed by atoms with E-state index in [1.807, 2.05) is 24.3 Å². The SMILES string of the molecule is C#CCOc1ccc2cccc(CCNC(=O)C3CCC3)c2c1. The Labute approximate surface area is 137 Å². The molecule has 0 bridgehead atoms. The van der Waals surface area contributed by atoms with Gasteiger partial charge in [0.25, 0.3) is 0 Å². The summed E-state index contributed by atoms with van der Waals surface area (Å²) in [5, 5.41) is 5.37. The summed E-state index contributed by atoms with van der Waals surface area (Å²) in [6.45, 7) is 0.939. The fourth-order valence-electron chi connectivity index (χ4n) is 2.88. The van der Waals surface area contributed by atoms with Crippen LogP contribution in [0.3, 0.4) is 0 Å². The van der Waals surface area contributed by atoms with E-state index in [4.69, 9.17) is 11.2 Å². The van der Waals surface area contributed by atoms with Crippen molar-refractivity contribution in [1.29, 1.82) is 0 Å². The van der Waals surface area contributed by atoms with Gasteiger partial charge in [0.15, 0.2) is 0 Å². The predicted octanol–water partition coefficient (Wildman–Crippen LogP) is 3.31. The number of ether oxygens (including phenoxy) is 1. The zero-order valence-corrected chi connectivity index (χ0v) is 13.2. The predicted molar refractivity (Wildman–Crippen MR) is 92.3 cm³/mol. The third-order valence-electron chi connectivity index (χ3n) is 4.44. The van der Waals surface area contributed by atoms with E-state index in [1.54, 1.807) is 0 Å². The van der Waals surface area contributed by atoms with E-state index >= 15 is 0 Å². The number of carbonyl (C=O) groups excluding carboxylic acids is 1. The minimum Gasteiger partial charge on any atom is -0.481 e. The lowest BCUT2D eigenvalue weighted by Gasteiger charge is -2.24. The normalized spacial score (nSPS) is 14.0. The number of terminal acetylenes is 1. The number of carbonyl (C=O) groups is 1. The summed E-state index contributed by atoms with van der Waals surface area (Å²) in [4.78, 5) is 11.9. The maximum absolute atomic E-state index is 11.9. The van der Waals surface area contributed by atoms with E-state index in [-0.39, 0.29) is 18.4 Å². The highest BCUT2D eigenvalue weighted by Gasteiger charge is 2.24. The Hall–Kier alpha value is -2.47. The van der Waals surface area contributed by atoms with Crippen LogP contribution < -0.4 is 10.1 Å². The van der Waals surface area contributed by atoms with Gasteiger partial charge in [-0.2, -0.15) is 0 Å². The van der Waals surface area contributed by atoms with E-state index in [0.717, 1.165) is 30.4 Å². The van der Waals surface area contributed by atoms with Crippen LogP contribution in [0, 0.1) is 18.3 Å². The van der Waals surface area contributed by atoms with E-state index in [0.29, 0.717) is 6.54 Å². The van der Waals surface area contributed by atoms with E-state index < -0.39 is 0 Å². The van der Waals surface area contributed by atoms with Crippen LogP contribution in [0.15, 0.2) is 36.4 Å². The topological polar surface area (TPSA) is 38.3 Å². The molecule has 3 nitrogen and oxygen atoms in total. The molecule has 1 amide bonds. The summed E-state index contributed by atoms with van der Waals surface area (Å²) in [6.07, 6.45) is 9.31. The molecule has 3 rings (SSSR count). The molecule has 118 valence electrons. The first kappa shape index (κ1) is 15.4. The molecule has 0 radical (unpaired) electrons. The van der Waals surface area contributed by atoms with Crippen LogP contribution in [-0.4, -0.2) is 19.1 Å². The van der Waals surface area contributed by atoms with Crippen molar-refractivity contribution in [3.63, 3.8) is 0 Å². The zero-order chi connectivity index (χ0) is 16.1. The molecule has 2 aromatic carbocycles. The summed E-state index contributed by atoms with van der Waals surface area (Å²) in [5.41, 5.74) is 1.21. The minimum atomic E-state index is 0.203. The van der Waals surface area contributed by atoms with Gasteiger partial charge < -0.3 is 10.1 Å². The van der Waals surface area contributed by atoms with Crippen LogP contribution in [0.2, 0.25) is 0 Å². The Balaban J connectivity index is 1.68. The average Bonchev–Trinajstić information content (AvgIpc) is 2.51. The molecule has 23 heavy (non-hydrogen) atoms. The summed E-state index contributed by atoms with van der Waals surface area (Å²) in [6, 6.07) is 12.2. The molecule has 0 heterocycles. The maximum Gasteiger partial charge on any atom is 0.223 e. The lowest BCUT2D eigenvalue weighted by molar-refractivity contribution is -0.127. The number of fused-ring (bicyclic) bond motifs is 1. The van der Waals surface area contributed by atoms with Crippen molar-refractivity contribution in [2.24, 2.45) is 5.92 Å². The van der Waals surface area contributed by atoms with Gasteiger partial charge in [-0.1, -0.05) is 36.6 Å². The van der Waals surface area contributed by atoms with Crippen molar-refractivity contribution in [2.75, 3.05) is 13.2 Å². The van der Waals surface area contributed by atoms with Gasteiger partial charge in [0.2, 0.25) is 5.91 Å². The number of nitrogens with one attached hydrogen (secondary N) is 1. The second-order valence-electron chi connectivity index (χ2n) is 5.96.